The Balaban J connectivity index is 2.16. The predicted octanol–water partition coefficient (Wildman–Crippen LogP) is 2.64. The lowest BCUT2D eigenvalue weighted by Crippen LogP contribution is -2.20. The lowest BCUT2D eigenvalue weighted by Gasteiger charge is -2.17. The quantitative estimate of drug-likeness (QED) is 0.873. The van der Waals surface area contributed by atoms with E-state index >= 15 is 0 Å². The molecule has 5 nitrogen and oxygen atoms in total. The second-order valence-corrected chi connectivity index (χ2v) is 5.49. The molecule has 5 heteroatoms. The Morgan fingerprint density at radius 2 is 2.11 bits per heavy atom. The number of carbonyl (C=O) groups is 1. The third kappa shape index (κ3) is 2.85. The third-order valence-electron chi connectivity index (χ3n) is 4.24. The van der Waals surface area contributed by atoms with Crippen LogP contribution in [-0.2, 0) is 0 Å². The summed E-state index contributed by atoms with van der Waals surface area (Å²) in [5.74, 6) is 0.748. The molecule has 2 N–H and O–H groups in total. The van der Waals surface area contributed by atoms with Crippen LogP contribution < -0.4 is 5.32 Å². The normalized spacial score (nSPS) is 22.5. The van der Waals surface area contributed by atoms with Crippen LogP contribution in [0.1, 0.15) is 47.8 Å². The van der Waals surface area contributed by atoms with Gasteiger partial charge in [-0.2, -0.15) is 5.10 Å². The molecule has 0 bridgehead atoms. The molecular formula is C14H21N3O2. The lowest BCUT2D eigenvalue weighted by molar-refractivity contribution is 0.0696. The molecule has 2 atom stereocenters. The molecule has 104 valence electrons. The second-order valence-electron chi connectivity index (χ2n) is 5.49. The van der Waals surface area contributed by atoms with Crippen LogP contribution in [0.15, 0.2) is 0 Å². The van der Waals surface area contributed by atoms with Gasteiger partial charge in [0.15, 0.2) is 5.82 Å². The number of carboxylic acids is 1. The van der Waals surface area contributed by atoms with Crippen LogP contribution in [0.25, 0.3) is 0 Å². The van der Waals surface area contributed by atoms with Crippen LogP contribution in [0.5, 0.6) is 0 Å². The summed E-state index contributed by atoms with van der Waals surface area (Å²) in [5, 5.41) is 20.5. The molecule has 1 fully saturated rings. The van der Waals surface area contributed by atoms with Crippen molar-refractivity contribution in [3.8, 4) is 0 Å². The fourth-order valence-electron chi connectivity index (χ4n) is 2.75. The summed E-state index contributed by atoms with van der Waals surface area (Å²) in [7, 11) is 0. The number of anilines is 1. The molecule has 2 rings (SSSR count). The van der Waals surface area contributed by atoms with Gasteiger partial charge in [0.2, 0.25) is 0 Å². The molecular weight excluding hydrogens is 242 g/mol. The smallest absolute Gasteiger partial charge is 0.339 e. The van der Waals surface area contributed by atoms with E-state index in [2.05, 4.69) is 22.4 Å². The van der Waals surface area contributed by atoms with E-state index in [9.17, 15) is 9.90 Å². The number of hydrogen-bond acceptors (Lipinski definition) is 4. The van der Waals surface area contributed by atoms with Crippen molar-refractivity contribution in [3.05, 3.63) is 16.8 Å². The highest BCUT2D eigenvalue weighted by Crippen LogP contribution is 2.31. The monoisotopic (exact) mass is 263 g/mol. The van der Waals surface area contributed by atoms with Gasteiger partial charge in [-0.1, -0.05) is 19.8 Å². The van der Waals surface area contributed by atoms with Crippen LogP contribution in [0, 0.1) is 25.7 Å². The molecule has 19 heavy (non-hydrogen) atoms. The molecule has 1 aliphatic rings. The number of aromatic carboxylic acids is 1. The number of carboxylic acid groups (broad SMARTS) is 1. The molecule has 0 radical (unpaired) electrons. The Hall–Kier alpha value is -1.65. The van der Waals surface area contributed by atoms with Gasteiger partial charge >= 0.3 is 5.97 Å². The van der Waals surface area contributed by atoms with Crippen molar-refractivity contribution in [3.63, 3.8) is 0 Å². The van der Waals surface area contributed by atoms with Crippen molar-refractivity contribution in [2.24, 2.45) is 11.8 Å². The molecule has 0 amide bonds. The summed E-state index contributed by atoms with van der Waals surface area (Å²) >= 11 is 0. The molecule has 0 aromatic carbocycles. The van der Waals surface area contributed by atoms with Gasteiger partial charge in [0.05, 0.1) is 5.69 Å². The van der Waals surface area contributed by atoms with Crippen molar-refractivity contribution in [2.45, 2.75) is 40.0 Å². The number of nitrogens with zero attached hydrogens (tertiary/aromatic N) is 2. The summed E-state index contributed by atoms with van der Waals surface area (Å²) in [6, 6.07) is 0. The first-order valence-corrected chi connectivity index (χ1v) is 6.81. The Labute approximate surface area is 113 Å². The molecule has 1 heterocycles. The van der Waals surface area contributed by atoms with Gasteiger partial charge in [-0.15, -0.1) is 5.10 Å². The van der Waals surface area contributed by atoms with Crippen LogP contribution in [0.4, 0.5) is 5.82 Å². The summed E-state index contributed by atoms with van der Waals surface area (Å²) in [4.78, 5) is 11.3. The van der Waals surface area contributed by atoms with Gasteiger partial charge in [-0.05, 0) is 37.7 Å². The number of hydrogen-bond donors (Lipinski definition) is 2. The Kier molecular flexibility index (Phi) is 4.02. The molecule has 1 saturated carbocycles. The average Bonchev–Trinajstić information content (AvgIpc) is 2.76. The zero-order chi connectivity index (χ0) is 14.0. The first kappa shape index (κ1) is 13.8. The van der Waals surface area contributed by atoms with E-state index in [0.717, 1.165) is 6.54 Å². The molecule has 0 saturated heterocycles. The van der Waals surface area contributed by atoms with Gasteiger partial charge in [0.25, 0.3) is 0 Å². The first-order valence-electron chi connectivity index (χ1n) is 6.81. The topological polar surface area (TPSA) is 75.1 Å². The highest BCUT2D eigenvalue weighted by molar-refractivity contribution is 5.94. The van der Waals surface area contributed by atoms with Crippen molar-refractivity contribution in [1.29, 1.82) is 0 Å². The van der Waals surface area contributed by atoms with Crippen molar-refractivity contribution in [1.82, 2.24) is 10.2 Å². The van der Waals surface area contributed by atoms with E-state index in [1.165, 1.54) is 19.3 Å². The molecule has 1 aromatic rings. The molecule has 1 aromatic heterocycles. The highest BCUT2D eigenvalue weighted by Gasteiger charge is 2.24. The van der Waals surface area contributed by atoms with Gasteiger partial charge in [-0.25, -0.2) is 4.79 Å². The summed E-state index contributed by atoms with van der Waals surface area (Å²) < 4.78 is 0. The second kappa shape index (κ2) is 5.55. The number of nitrogens with one attached hydrogen (secondary N) is 1. The van der Waals surface area contributed by atoms with E-state index in [1.54, 1.807) is 13.8 Å². The van der Waals surface area contributed by atoms with E-state index < -0.39 is 5.97 Å². The molecule has 1 aliphatic carbocycles. The molecule has 0 spiro atoms. The predicted molar refractivity (Wildman–Crippen MR) is 73.5 cm³/mol. The van der Waals surface area contributed by atoms with Crippen LogP contribution in [0.3, 0.4) is 0 Å². The average molecular weight is 263 g/mol. The maximum atomic E-state index is 11.3. The minimum atomic E-state index is -0.947. The molecule has 0 aliphatic heterocycles. The SMILES string of the molecule is Cc1nnc(NCC2CCCC2C)c(C(=O)O)c1C. The lowest BCUT2D eigenvalue weighted by atomic mass is 9.98. The maximum absolute atomic E-state index is 11.3. The summed E-state index contributed by atoms with van der Waals surface area (Å²) in [6.45, 7) is 6.58. The highest BCUT2D eigenvalue weighted by atomic mass is 16.4. The maximum Gasteiger partial charge on any atom is 0.339 e. The van der Waals surface area contributed by atoms with E-state index in [-0.39, 0.29) is 5.56 Å². The van der Waals surface area contributed by atoms with Crippen molar-refractivity contribution >= 4 is 11.8 Å². The zero-order valence-electron chi connectivity index (χ0n) is 11.7. The Morgan fingerprint density at radius 3 is 2.68 bits per heavy atom. The Bertz CT molecular complexity index is 488. The zero-order valence-corrected chi connectivity index (χ0v) is 11.7. The van der Waals surface area contributed by atoms with Gasteiger partial charge < -0.3 is 10.4 Å². The van der Waals surface area contributed by atoms with Crippen molar-refractivity contribution in [2.75, 3.05) is 11.9 Å². The third-order valence-corrected chi connectivity index (χ3v) is 4.24. The van der Waals surface area contributed by atoms with Gasteiger partial charge in [0.1, 0.15) is 5.56 Å². The van der Waals surface area contributed by atoms with E-state index in [4.69, 9.17) is 0 Å². The number of rotatable bonds is 4. The van der Waals surface area contributed by atoms with E-state index in [0.29, 0.717) is 28.9 Å². The van der Waals surface area contributed by atoms with Crippen molar-refractivity contribution < 1.29 is 9.90 Å². The standard InChI is InChI=1S/C14H21N3O2/c1-8-5-4-6-11(8)7-15-13-12(14(18)19)9(2)10(3)16-17-13/h8,11H,4-7H2,1-3H3,(H,15,17)(H,18,19). The summed E-state index contributed by atoms with van der Waals surface area (Å²) in [6.07, 6.45) is 3.73. The first-order chi connectivity index (χ1) is 9.00. The van der Waals surface area contributed by atoms with Crippen LogP contribution in [0.2, 0.25) is 0 Å². The van der Waals surface area contributed by atoms with Crippen LogP contribution >= 0.6 is 0 Å². The fraction of sp³-hybridized carbons (Fsp3) is 0.643. The summed E-state index contributed by atoms with van der Waals surface area (Å²) in [5.41, 5.74) is 1.60. The number of aryl methyl sites for hydroxylation is 1. The Morgan fingerprint density at radius 1 is 1.37 bits per heavy atom. The minimum absolute atomic E-state index is 0.248. The number of aromatic nitrogens is 2. The largest absolute Gasteiger partial charge is 0.478 e. The molecule has 2 unspecified atom stereocenters. The minimum Gasteiger partial charge on any atom is -0.478 e. The fourth-order valence-corrected chi connectivity index (χ4v) is 2.75. The van der Waals surface area contributed by atoms with E-state index in [1.807, 2.05) is 0 Å². The van der Waals surface area contributed by atoms with Gasteiger partial charge in [0, 0.05) is 6.54 Å². The van der Waals surface area contributed by atoms with Gasteiger partial charge in [-0.3, -0.25) is 0 Å². The van der Waals surface area contributed by atoms with Crippen LogP contribution in [-0.4, -0.2) is 27.8 Å².